The van der Waals surface area contributed by atoms with Crippen LogP contribution in [0.25, 0.3) is 0 Å². The molecule has 0 aromatic heterocycles. The summed E-state index contributed by atoms with van der Waals surface area (Å²) >= 11 is 0. The number of methoxy groups -OCH3 is 1. The van der Waals surface area contributed by atoms with Crippen LogP contribution in [0.3, 0.4) is 0 Å². The quantitative estimate of drug-likeness (QED) is 0.823. The molecule has 0 aliphatic carbocycles. The molecule has 1 aromatic carbocycles. The average Bonchev–Trinajstić information content (AvgIpc) is 2.73. The summed E-state index contributed by atoms with van der Waals surface area (Å²) in [5, 5.41) is 12.2. The van der Waals surface area contributed by atoms with E-state index < -0.39 is 5.97 Å². The van der Waals surface area contributed by atoms with Gasteiger partial charge in [0.25, 0.3) is 0 Å². The van der Waals surface area contributed by atoms with Crippen LogP contribution in [-0.2, 0) is 14.9 Å². The lowest BCUT2D eigenvalue weighted by Crippen LogP contribution is -2.50. The molecule has 7 nitrogen and oxygen atoms in total. The van der Waals surface area contributed by atoms with Crippen molar-refractivity contribution >= 4 is 12.0 Å². The number of hydrogen-bond donors (Lipinski definition) is 2. The first-order valence-corrected chi connectivity index (χ1v) is 9.52. The van der Waals surface area contributed by atoms with Gasteiger partial charge in [0, 0.05) is 38.3 Å². The van der Waals surface area contributed by atoms with E-state index in [-0.39, 0.29) is 17.4 Å². The predicted molar refractivity (Wildman–Crippen MR) is 100 cm³/mol. The number of carbonyl (C=O) groups excluding carboxylic acids is 1. The number of nitrogens with one attached hydrogen (secondary N) is 1. The second-order valence-electron chi connectivity index (χ2n) is 7.38. The number of likely N-dealkylation sites (tertiary alicyclic amines) is 1. The smallest absolute Gasteiger partial charge is 0.317 e. The lowest BCUT2D eigenvalue weighted by molar-refractivity contribution is -0.143. The van der Waals surface area contributed by atoms with Crippen molar-refractivity contribution in [3.63, 3.8) is 0 Å². The number of hydrogen-bond acceptors (Lipinski definition) is 4. The highest BCUT2D eigenvalue weighted by atomic mass is 16.5. The second-order valence-corrected chi connectivity index (χ2v) is 7.38. The normalized spacial score (nSPS) is 20.1. The minimum Gasteiger partial charge on any atom is -0.497 e. The van der Waals surface area contributed by atoms with Crippen molar-refractivity contribution in [3.8, 4) is 5.75 Å². The van der Waals surface area contributed by atoms with E-state index in [9.17, 15) is 9.59 Å². The molecule has 2 N–H and O–H groups in total. The van der Waals surface area contributed by atoms with Gasteiger partial charge in [-0.1, -0.05) is 12.1 Å². The Morgan fingerprint density at radius 2 is 1.85 bits per heavy atom. The number of carbonyl (C=O) groups is 2. The monoisotopic (exact) mass is 376 g/mol. The highest BCUT2D eigenvalue weighted by molar-refractivity contribution is 5.75. The van der Waals surface area contributed by atoms with E-state index in [1.165, 1.54) is 5.56 Å². The zero-order valence-electron chi connectivity index (χ0n) is 15.8. The lowest BCUT2D eigenvalue weighted by atomic mass is 9.74. The maximum absolute atomic E-state index is 12.6. The Hall–Kier alpha value is -2.28. The van der Waals surface area contributed by atoms with Gasteiger partial charge in [-0.2, -0.15) is 0 Å². The molecule has 0 atom stereocenters. The largest absolute Gasteiger partial charge is 0.497 e. The van der Waals surface area contributed by atoms with E-state index in [4.69, 9.17) is 14.6 Å². The van der Waals surface area contributed by atoms with Crippen molar-refractivity contribution in [3.05, 3.63) is 29.8 Å². The standard InChI is InChI=1S/C20H28N2O5/c1-26-17-4-2-16(3-5-17)20(8-12-27-13-9-20)14-21-19(25)22-10-6-15(7-11-22)18(23)24/h2-5,15H,6-14H2,1H3,(H,21,25)(H,23,24). The number of ether oxygens (including phenoxy) is 2. The Kier molecular flexibility index (Phi) is 6.21. The van der Waals surface area contributed by atoms with Gasteiger partial charge in [0.2, 0.25) is 0 Å². The van der Waals surface area contributed by atoms with Gasteiger partial charge in [-0.25, -0.2) is 4.79 Å². The van der Waals surface area contributed by atoms with Crippen molar-refractivity contribution in [2.24, 2.45) is 5.92 Å². The molecule has 0 radical (unpaired) electrons. The third-order valence-electron chi connectivity index (χ3n) is 5.86. The molecule has 27 heavy (non-hydrogen) atoms. The summed E-state index contributed by atoms with van der Waals surface area (Å²) < 4.78 is 10.8. The molecule has 0 spiro atoms. The van der Waals surface area contributed by atoms with Crippen LogP contribution in [-0.4, -0.2) is 62.0 Å². The van der Waals surface area contributed by atoms with E-state index in [1.807, 2.05) is 12.1 Å². The number of rotatable bonds is 5. The summed E-state index contributed by atoms with van der Waals surface area (Å²) in [7, 11) is 1.65. The first-order valence-electron chi connectivity index (χ1n) is 9.52. The van der Waals surface area contributed by atoms with Crippen LogP contribution >= 0.6 is 0 Å². The summed E-state index contributed by atoms with van der Waals surface area (Å²) in [4.78, 5) is 25.4. The van der Waals surface area contributed by atoms with Crippen molar-refractivity contribution in [2.75, 3.05) is 40.0 Å². The molecule has 2 aliphatic heterocycles. The Bertz CT molecular complexity index is 647. The SMILES string of the molecule is COc1ccc(C2(CNC(=O)N3CCC(C(=O)O)CC3)CCOCC2)cc1. The maximum Gasteiger partial charge on any atom is 0.317 e. The molecule has 1 aromatic rings. The number of nitrogens with zero attached hydrogens (tertiary/aromatic N) is 1. The molecule has 2 heterocycles. The third kappa shape index (κ3) is 4.53. The predicted octanol–water partition coefficient (Wildman–Crippen LogP) is 2.25. The molecule has 2 fully saturated rings. The lowest BCUT2D eigenvalue weighted by Gasteiger charge is -2.39. The summed E-state index contributed by atoms with van der Waals surface area (Å²) in [5.74, 6) is -0.294. The zero-order chi connectivity index (χ0) is 19.3. The maximum atomic E-state index is 12.6. The number of urea groups is 1. The Balaban J connectivity index is 1.63. The van der Waals surface area contributed by atoms with Gasteiger partial charge in [-0.05, 0) is 43.4 Å². The fraction of sp³-hybridized carbons (Fsp3) is 0.600. The van der Waals surface area contributed by atoms with E-state index in [1.54, 1.807) is 12.0 Å². The van der Waals surface area contributed by atoms with Crippen molar-refractivity contribution in [1.82, 2.24) is 10.2 Å². The van der Waals surface area contributed by atoms with Gasteiger partial charge in [0.1, 0.15) is 5.75 Å². The number of carboxylic acids is 1. The van der Waals surface area contributed by atoms with E-state index in [0.717, 1.165) is 18.6 Å². The minimum absolute atomic E-state index is 0.113. The summed E-state index contributed by atoms with van der Waals surface area (Å²) in [6, 6.07) is 7.91. The van der Waals surface area contributed by atoms with Crippen LogP contribution in [0, 0.1) is 5.92 Å². The van der Waals surface area contributed by atoms with Crippen molar-refractivity contribution in [1.29, 1.82) is 0 Å². The van der Waals surface area contributed by atoms with Crippen molar-refractivity contribution in [2.45, 2.75) is 31.1 Å². The summed E-state index contributed by atoms with van der Waals surface area (Å²) in [6.45, 7) is 2.86. The number of aliphatic carboxylic acids is 1. The van der Waals surface area contributed by atoms with Crippen LogP contribution in [0.4, 0.5) is 4.79 Å². The molecule has 2 amide bonds. The van der Waals surface area contributed by atoms with Crippen LogP contribution in [0.5, 0.6) is 5.75 Å². The topological polar surface area (TPSA) is 88.1 Å². The fourth-order valence-corrected chi connectivity index (χ4v) is 3.96. The number of piperidine rings is 1. The van der Waals surface area contributed by atoms with Gasteiger partial charge in [0.05, 0.1) is 13.0 Å². The van der Waals surface area contributed by atoms with Crippen molar-refractivity contribution < 1.29 is 24.2 Å². The van der Waals surface area contributed by atoms with Crippen LogP contribution in [0.1, 0.15) is 31.2 Å². The highest BCUT2D eigenvalue weighted by Crippen LogP contribution is 2.35. The number of amides is 2. The average molecular weight is 376 g/mol. The summed E-state index contributed by atoms with van der Waals surface area (Å²) in [6.07, 6.45) is 2.72. The molecule has 2 saturated heterocycles. The van der Waals surface area contributed by atoms with E-state index in [2.05, 4.69) is 17.4 Å². The highest BCUT2D eigenvalue weighted by Gasteiger charge is 2.36. The number of carboxylic acid groups (broad SMARTS) is 1. The molecule has 0 bridgehead atoms. The van der Waals surface area contributed by atoms with Gasteiger partial charge in [-0.15, -0.1) is 0 Å². The first kappa shape index (κ1) is 19.5. The van der Waals surface area contributed by atoms with Gasteiger partial charge >= 0.3 is 12.0 Å². The molecule has 148 valence electrons. The van der Waals surface area contributed by atoms with Crippen LogP contribution < -0.4 is 10.1 Å². The molecule has 3 rings (SSSR count). The van der Waals surface area contributed by atoms with Gasteiger partial charge < -0.3 is 24.8 Å². The van der Waals surface area contributed by atoms with E-state index >= 15 is 0 Å². The van der Waals surface area contributed by atoms with E-state index in [0.29, 0.717) is 45.7 Å². The minimum atomic E-state index is -0.768. The van der Waals surface area contributed by atoms with Gasteiger partial charge in [-0.3, -0.25) is 4.79 Å². The molecule has 0 saturated carbocycles. The molecular weight excluding hydrogens is 348 g/mol. The van der Waals surface area contributed by atoms with Crippen LogP contribution in [0.2, 0.25) is 0 Å². The molecule has 7 heteroatoms. The first-order chi connectivity index (χ1) is 13.0. The zero-order valence-corrected chi connectivity index (χ0v) is 15.8. The second kappa shape index (κ2) is 8.61. The Morgan fingerprint density at radius 3 is 2.41 bits per heavy atom. The summed E-state index contributed by atoms with van der Waals surface area (Å²) in [5.41, 5.74) is 1.02. The Morgan fingerprint density at radius 1 is 1.22 bits per heavy atom. The molecular formula is C20H28N2O5. The number of benzene rings is 1. The fourth-order valence-electron chi connectivity index (χ4n) is 3.96. The van der Waals surface area contributed by atoms with Gasteiger partial charge in [0.15, 0.2) is 0 Å². The Labute approximate surface area is 159 Å². The van der Waals surface area contributed by atoms with Crippen LogP contribution in [0.15, 0.2) is 24.3 Å². The third-order valence-corrected chi connectivity index (χ3v) is 5.86. The molecule has 2 aliphatic rings. The molecule has 0 unspecified atom stereocenters.